The van der Waals surface area contributed by atoms with Gasteiger partial charge in [-0.05, 0) is 74.2 Å². The van der Waals surface area contributed by atoms with Crippen molar-refractivity contribution in [2.24, 2.45) is 0 Å². The lowest BCUT2D eigenvalue weighted by Gasteiger charge is -2.23. The van der Waals surface area contributed by atoms with Gasteiger partial charge in [-0.1, -0.05) is 83.9 Å². The van der Waals surface area contributed by atoms with E-state index < -0.39 is 29.7 Å². The topological polar surface area (TPSA) is 148 Å². The van der Waals surface area contributed by atoms with Gasteiger partial charge in [-0.2, -0.15) is 0 Å². The zero-order valence-electron chi connectivity index (χ0n) is 31.8. The molecule has 12 nitrogen and oxygen atoms in total. The van der Waals surface area contributed by atoms with E-state index in [-0.39, 0.29) is 6.61 Å². The summed E-state index contributed by atoms with van der Waals surface area (Å²) in [5.74, 6) is 0.129. The van der Waals surface area contributed by atoms with E-state index >= 15 is 0 Å². The van der Waals surface area contributed by atoms with Gasteiger partial charge in [0.15, 0.2) is 12.2 Å². The Morgan fingerprint density at radius 1 is 0.593 bits per heavy atom. The third-order valence-corrected chi connectivity index (χ3v) is 7.72. The van der Waals surface area contributed by atoms with Crippen molar-refractivity contribution in [2.45, 2.75) is 59.2 Å². The van der Waals surface area contributed by atoms with E-state index in [1.165, 1.54) is 25.3 Å². The number of methoxy groups -OCH3 is 2. The highest BCUT2D eigenvalue weighted by atomic mass is 16.6. The smallest absolute Gasteiger partial charge is 0.407 e. The lowest BCUT2D eigenvalue weighted by atomic mass is 10.1. The van der Waals surface area contributed by atoms with E-state index in [1.54, 1.807) is 50.2 Å². The number of amides is 2. The van der Waals surface area contributed by atoms with Crippen LogP contribution in [0, 0.1) is 13.8 Å². The fourth-order valence-corrected chi connectivity index (χ4v) is 4.96. The molecule has 0 bridgehead atoms. The first kappa shape index (κ1) is 42.4. The quantitative estimate of drug-likeness (QED) is 0.0927. The first-order chi connectivity index (χ1) is 25.9. The number of carbonyl (C=O) groups excluding carboxylic acids is 4. The molecule has 4 rings (SSSR count). The van der Waals surface area contributed by atoms with Crippen molar-refractivity contribution < 1.29 is 47.6 Å². The minimum absolute atomic E-state index is 0.158. The van der Waals surface area contributed by atoms with Gasteiger partial charge in [-0.3, -0.25) is 0 Å². The molecule has 0 radical (unpaired) electrons. The summed E-state index contributed by atoms with van der Waals surface area (Å²) in [5, 5.41) is 5.40. The van der Waals surface area contributed by atoms with Crippen LogP contribution in [-0.4, -0.2) is 63.8 Å². The molecule has 288 valence electrons. The van der Waals surface area contributed by atoms with Crippen molar-refractivity contribution in [1.29, 1.82) is 0 Å². The van der Waals surface area contributed by atoms with E-state index in [1.807, 2.05) is 62.4 Å². The third-order valence-electron chi connectivity index (χ3n) is 7.72. The number of hydrogen-bond acceptors (Lipinski definition) is 10. The average molecular weight is 743 g/mol. The van der Waals surface area contributed by atoms with Gasteiger partial charge in [-0.25, -0.2) is 19.2 Å². The van der Waals surface area contributed by atoms with Crippen molar-refractivity contribution in [3.05, 3.63) is 130 Å². The van der Waals surface area contributed by atoms with Gasteiger partial charge in [0.25, 0.3) is 0 Å². The molecule has 4 aromatic rings. The van der Waals surface area contributed by atoms with Crippen LogP contribution < -0.4 is 20.1 Å². The number of ether oxygens (including phenoxy) is 6. The van der Waals surface area contributed by atoms with Crippen LogP contribution in [0.3, 0.4) is 0 Å². The summed E-state index contributed by atoms with van der Waals surface area (Å²) in [6.45, 7) is 8.39. The second kappa shape index (κ2) is 22.1. The zero-order valence-corrected chi connectivity index (χ0v) is 31.8. The maximum atomic E-state index is 11.9. The number of benzene rings is 4. The predicted molar refractivity (Wildman–Crippen MR) is 203 cm³/mol. The zero-order chi connectivity index (χ0) is 39.3. The van der Waals surface area contributed by atoms with Crippen molar-refractivity contribution in [3.63, 3.8) is 0 Å². The van der Waals surface area contributed by atoms with Crippen molar-refractivity contribution >= 4 is 24.1 Å². The molecule has 0 unspecified atom stereocenters. The molecule has 0 fully saturated rings. The predicted octanol–water partition coefficient (Wildman–Crippen LogP) is 6.81. The van der Waals surface area contributed by atoms with Crippen molar-refractivity contribution in [3.8, 4) is 11.5 Å². The van der Waals surface area contributed by atoms with E-state index in [9.17, 15) is 19.2 Å². The van der Waals surface area contributed by atoms with Crippen molar-refractivity contribution in [2.75, 3.05) is 34.0 Å². The molecule has 0 heterocycles. The number of rotatable bonds is 16. The second-order valence-corrected chi connectivity index (χ2v) is 12.7. The molecule has 0 atom stereocenters. The summed E-state index contributed by atoms with van der Waals surface area (Å²) >= 11 is 0. The minimum atomic E-state index is -1.10. The minimum Gasteiger partial charge on any atom is -0.482 e. The van der Waals surface area contributed by atoms with Gasteiger partial charge in [0.1, 0.15) is 11.5 Å². The summed E-state index contributed by atoms with van der Waals surface area (Å²) in [5.41, 5.74) is 5.19. The molecule has 2 N–H and O–H groups in total. The lowest BCUT2D eigenvalue weighted by molar-refractivity contribution is -0.156. The number of alkyl carbamates (subject to hydrolysis) is 2. The summed E-state index contributed by atoms with van der Waals surface area (Å²) in [6.07, 6.45) is 0.389. The van der Waals surface area contributed by atoms with Crippen LogP contribution in [0.5, 0.6) is 11.5 Å². The maximum Gasteiger partial charge on any atom is 0.407 e. The monoisotopic (exact) mass is 742 g/mol. The van der Waals surface area contributed by atoms with Crippen LogP contribution in [0.15, 0.2) is 97.1 Å². The van der Waals surface area contributed by atoms with Gasteiger partial charge < -0.3 is 39.1 Å². The fraction of sp³-hybridized carbons (Fsp3) is 0.333. The molecule has 0 saturated carbocycles. The number of nitrogens with one attached hydrogen (secondary N) is 2. The van der Waals surface area contributed by atoms with Gasteiger partial charge >= 0.3 is 24.1 Å². The Morgan fingerprint density at radius 2 is 1.06 bits per heavy atom. The van der Waals surface area contributed by atoms with Crippen molar-refractivity contribution in [1.82, 2.24) is 10.6 Å². The number of esters is 2. The van der Waals surface area contributed by atoms with E-state index in [0.29, 0.717) is 50.6 Å². The molecule has 54 heavy (non-hydrogen) atoms. The Labute approximate surface area is 317 Å². The van der Waals surface area contributed by atoms with Crippen LogP contribution in [0.25, 0.3) is 0 Å². The normalized spacial score (nSPS) is 10.5. The fourth-order valence-electron chi connectivity index (χ4n) is 4.96. The van der Waals surface area contributed by atoms with Crippen LogP contribution in [0.1, 0.15) is 47.2 Å². The Morgan fingerprint density at radius 3 is 1.54 bits per heavy atom. The lowest BCUT2D eigenvalue weighted by Crippen LogP contribution is -2.39. The van der Waals surface area contributed by atoms with Crippen LogP contribution in [0.4, 0.5) is 9.59 Å². The molecule has 0 saturated heterocycles. The first-order valence-electron chi connectivity index (χ1n) is 17.4. The van der Waals surface area contributed by atoms with Crippen LogP contribution in [-0.2, 0) is 54.5 Å². The molecular formula is C42H50N2O10. The molecule has 0 spiro atoms. The Balaban J connectivity index is 0.000000291. The Hall–Kier alpha value is -6.04. The van der Waals surface area contributed by atoms with Crippen LogP contribution in [0.2, 0.25) is 0 Å². The molecule has 0 aliphatic heterocycles. The molecular weight excluding hydrogens is 692 g/mol. The number of carbonyl (C=O) groups is 4. The SMILES string of the molecule is COC(=O)C(C)(C)Oc1cccc(CNC(=O)OCCc2cccc(C)c2)c1.COC(=O)COc1cccc(CNC(=O)OCCc2cccc(C)c2)c1. The molecule has 12 heteroatoms. The van der Waals surface area contributed by atoms with Crippen LogP contribution >= 0.6 is 0 Å². The van der Waals surface area contributed by atoms with E-state index in [0.717, 1.165) is 22.3 Å². The second-order valence-electron chi connectivity index (χ2n) is 12.7. The number of aryl methyl sites for hydroxylation is 2. The van der Waals surface area contributed by atoms with Gasteiger partial charge in [0.05, 0.1) is 27.4 Å². The Kier molecular flexibility index (Phi) is 17.4. The van der Waals surface area contributed by atoms with Gasteiger partial charge in [0.2, 0.25) is 0 Å². The first-order valence-corrected chi connectivity index (χ1v) is 17.4. The third kappa shape index (κ3) is 16.1. The highest BCUT2D eigenvalue weighted by Crippen LogP contribution is 2.21. The molecule has 0 aliphatic carbocycles. The summed E-state index contributed by atoms with van der Waals surface area (Å²) in [4.78, 5) is 46.5. The molecule has 0 aromatic heterocycles. The standard InChI is InChI=1S/C22H27NO5.C20H23NO5/c1-16-7-5-8-17(13-16)11-12-27-21(25)23-15-18-9-6-10-19(14-18)28-22(2,3)20(24)26-4;1-15-5-3-6-16(11-15)9-10-25-20(23)21-13-17-7-4-8-18(12-17)26-14-19(22)24-2/h5-10,13-14H,11-12,15H2,1-4H3,(H,23,25);3-8,11-12H,9-10,13-14H2,1-2H3,(H,21,23). The Bertz CT molecular complexity index is 1820. The highest BCUT2D eigenvalue weighted by molar-refractivity contribution is 5.78. The maximum absolute atomic E-state index is 11.9. The van der Waals surface area contributed by atoms with Gasteiger partial charge in [-0.15, -0.1) is 0 Å². The highest BCUT2D eigenvalue weighted by Gasteiger charge is 2.31. The molecule has 2 amide bonds. The summed E-state index contributed by atoms with van der Waals surface area (Å²) in [6, 6.07) is 30.4. The number of hydrogen-bond donors (Lipinski definition) is 2. The summed E-state index contributed by atoms with van der Waals surface area (Å²) in [7, 11) is 2.62. The summed E-state index contributed by atoms with van der Waals surface area (Å²) < 4.78 is 30.7. The van der Waals surface area contributed by atoms with Gasteiger partial charge in [0, 0.05) is 25.9 Å². The average Bonchev–Trinajstić information content (AvgIpc) is 3.15. The van der Waals surface area contributed by atoms with E-state index in [2.05, 4.69) is 27.5 Å². The largest absolute Gasteiger partial charge is 0.482 e. The molecule has 0 aliphatic rings. The van der Waals surface area contributed by atoms with E-state index in [4.69, 9.17) is 23.7 Å². The molecule has 4 aromatic carbocycles.